The van der Waals surface area contributed by atoms with E-state index in [4.69, 9.17) is 0 Å². The van der Waals surface area contributed by atoms with Gasteiger partial charge in [-0.25, -0.2) is 4.68 Å². The molecule has 0 unspecified atom stereocenters. The number of carbonyl (C=O) groups is 1. The van der Waals surface area contributed by atoms with Crippen LogP contribution in [0, 0.1) is 0 Å². The number of anilines is 1. The number of amides is 1. The Morgan fingerprint density at radius 3 is 2.45 bits per heavy atom. The van der Waals surface area contributed by atoms with Gasteiger partial charge >= 0.3 is 0 Å². The van der Waals surface area contributed by atoms with Gasteiger partial charge < -0.3 is 4.90 Å². The highest BCUT2D eigenvalue weighted by atomic mass is 16.2. The van der Waals surface area contributed by atoms with Gasteiger partial charge in [0.25, 0.3) is 0 Å². The molecule has 0 fully saturated rings. The zero-order chi connectivity index (χ0) is 21.0. The molecule has 31 heavy (non-hydrogen) atoms. The Morgan fingerprint density at radius 2 is 1.68 bits per heavy atom. The molecule has 0 aliphatic carbocycles. The Morgan fingerprint density at radius 1 is 0.903 bits per heavy atom. The van der Waals surface area contributed by atoms with Gasteiger partial charge in [0.2, 0.25) is 5.91 Å². The van der Waals surface area contributed by atoms with Gasteiger partial charge in [0, 0.05) is 17.6 Å². The summed E-state index contributed by atoms with van der Waals surface area (Å²) < 4.78 is 3.42. The van der Waals surface area contributed by atoms with Gasteiger partial charge in [0.1, 0.15) is 24.7 Å². The van der Waals surface area contributed by atoms with Crippen LogP contribution in [-0.2, 0) is 17.9 Å². The first-order valence-corrected chi connectivity index (χ1v) is 9.71. The maximum absolute atomic E-state index is 13.4. The molecule has 1 amide bonds. The number of para-hydroxylation sites is 1. The van der Waals surface area contributed by atoms with E-state index in [1.54, 1.807) is 33.0 Å². The van der Waals surface area contributed by atoms with Crippen LogP contribution in [0.15, 0.2) is 85.6 Å². The summed E-state index contributed by atoms with van der Waals surface area (Å²) in [6, 6.07) is 20.9. The average Bonchev–Trinajstić information content (AvgIpc) is 3.49. The van der Waals surface area contributed by atoms with E-state index in [2.05, 4.69) is 25.5 Å². The standard InChI is InChI=1S/C22H18N8O/c31-22(14-30-21-7-2-1-6-20(21)26-27-30)29(13-17-5-3-4-12-23-17)19-10-8-18(9-11-19)28-15-24-25-16-28/h1-12,15-16H,13-14H2. The third-order valence-corrected chi connectivity index (χ3v) is 4.93. The summed E-state index contributed by atoms with van der Waals surface area (Å²) in [4.78, 5) is 19.4. The van der Waals surface area contributed by atoms with Gasteiger partial charge in [-0.3, -0.25) is 14.3 Å². The van der Waals surface area contributed by atoms with Gasteiger partial charge in [-0.1, -0.05) is 23.4 Å². The molecule has 5 rings (SSSR count). The molecule has 152 valence electrons. The van der Waals surface area contributed by atoms with Gasteiger partial charge in [-0.05, 0) is 48.5 Å². The third-order valence-electron chi connectivity index (χ3n) is 4.93. The van der Waals surface area contributed by atoms with Crippen LogP contribution in [0.4, 0.5) is 5.69 Å². The zero-order valence-corrected chi connectivity index (χ0v) is 16.5. The summed E-state index contributed by atoms with van der Waals surface area (Å²) in [6.07, 6.45) is 4.97. The highest BCUT2D eigenvalue weighted by molar-refractivity contribution is 5.93. The third kappa shape index (κ3) is 3.88. The molecular formula is C22H18N8O. The van der Waals surface area contributed by atoms with Crippen molar-refractivity contribution in [1.82, 2.24) is 34.7 Å². The van der Waals surface area contributed by atoms with Crippen LogP contribution in [0.2, 0.25) is 0 Å². The van der Waals surface area contributed by atoms with E-state index in [-0.39, 0.29) is 12.5 Å². The van der Waals surface area contributed by atoms with Crippen LogP contribution < -0.4 is 4.90 Å². The summed E-state index contributed by atoms with van der Waals surface area (Å²) in [5, 5.41) is 16.0. The van der Waals surface area contributed by atoms with E-state index in [1.807, 2.05) is 66.7 Å². The molecule has 0 N–H and O–H groups in total. The Balaban J connectivity index is 1.45. The lowest BCUT2D eigenvalue weighted by molar-refractivity contribution is -0.119. The Bertz CT molecular complexity index is 1300. The van der Waals surface area contributed by atoms with E-state index in [0.29, 0.717) is 6.54 Å². The van der Waals surface area contributed by atoms with Crippen molar-refractivity contribution in [1.29, 1.82) is 0 Å². The SMILES string of the molecule is O=C(Cn1nnc2ccccc21)N(Cc1ccccn1)c1ccc(-n2cnnc2)cc1. The summed E-state index contributed by atoms with van der Waals surface area (Å²) >= 11 is 0. The second-order valence-corrected chi connectivity index (χ2v) is 6.92. The number of benzene rings is 2. The normalized spacial score (nSPS) is 11.0. The van der Waals surface area contributed by atoms with Gasteiger partial charge in [-0.2, -0.15) is 0 Å². The fourth-order valence-corrected chi connectivity index (χ4v) is 3.36. The Hall–Kier alpha value is -4.40. The maximum atomic E-state index is 13.4. The molecule has 0 radical (unpaired) electrons. The lowest BCUT2D eigenvalue weighted by atomic mass is 10.2. The molecule has 9 heteroatoms. The van der Waals surface area contributed by atoms with E-state index in [0.717, 1.165) is 28.1 Å². The van der Waals surface area contributed by atoms with E-state index < -0.39 is 0 Å². The zero-order valence-electron chi connectivity index (χ0n) is 16.5. The van der Waals surface area contributed by atoms with Crippen LogP contribution in [-0.4, -0.2) is 40.6 Å². The van der Waals surface area contributed by atoms with E-state index >= 15 is 0 Å². The molecule has 0 saturated carbocycles. The van der Waals surface area contributed by atoms with E-state index in [9.17, 15) is 4.79 Å². The molecule has 0 spiro atoms. The molecule has 2 aromatic carbocycles. The first-order valence-electron chi connectivity index (χ1n) is 9.71. The van der Waals surface area contributed by atoms with Crippen LogP contribution in [0.1, 0.15) is 5.69 Å². The number of hydrogen-bond donors (Lipinski definition) is 0. The number of aromatic nitrogens is 7. The molecule has 3 heterocycles. The average molecular weight is 410 g/mol. The monoisotopic (exact) mass is 410 g/mol. The summed E-state index contributed by atoms with van der Waals surface area (Å²) in [7, 11) is 0. The molecule has 0 bridgehead atoms. The van der Waals surface area contributed by atoms with Crippen molar-refractivity contribution in [3.8, 4) is 5.69 Å². The predicted molar refractivity (Wildman–Crippen MR) is 114 cm³/mol. The minimum atomic E-state index is -0.113. The largest absolute Gasteiger partial charge is 0.305 e. The molecule has 0 atom stereocenters. The van der Waals surface area contributed by atoms with Crippen LogP contribution in [0.25, 0.3) is 16.7 Å². The Labute approximate surface area is 177 Å². The minimum Gasteiger partial charge on any atom is -0.305 e. The second-order valence-electron chi connectivity index (χ2n) is 6.92. The number of fused-ring (bicyclic) bond motifs is 1. The molecule has 3 aromatic heterocycles. The lowest BCUT2D eigenvalue weighted by Gasteiger charge is -2.23. The fraction of sp³-hybridized carbons (Fsp3) is 0.0909. The highest BCUT2D eigenvalue weighted by Gasteiger charge is 2.19. The number of carbonyl (C=O) groups excluding carboxylic acids is 1. The molecule has 9 nitrogen and oxygen atoms in total. The van der Waals surface area contributed by atoms with Crippen molar-refractivity contribution >= 4 is 22.6 Å². The number of hydrogen-bond acceptors (Lipinski definition) is 6. The number of nitrogens with zero attached hydrogens (tertiary/aromatic N) is 8. The minimum absolute atomic E-state index is 0.0700. The van der Waals surface area contributed by atoms with Crippen molar-refractivity contribution < 1.29 is 4.79 Å². The van der Waals surface area contributed by atoms with Gasteiger partial charge in [0.05, 0.1) is 17.8 Å². The van der Waals surface area contributed by atoms with Crippen molar-refractivity contribution in [3.63, 3.8) is 0 Å². The van der Waals surface area contributed by atoms with Crippen molar-refractivity contribution in [2.24, 2.45) is 0 Å². The van der Waals surface area contributed by atoms with Crippen molar-refractivity contribution in [2.75, 3.05) is 4.90 Å². The van der Waals surface area contributed by atoms with Crippen molar-refractivity contribution in [3.05, 3.63) is 91.3 Å². The quantitative estimate of drug-likeness (QED) is 0.427. The Kier molecular flexibility index (Phi) is 4.89. The topological polar surface area (TPSA) is 94.6 Å². The van der Waals surface area contributed by atoms with Crippen LogP contribution >= 0.6 is 0 Å². The first-order chi connectivity index (χ1) is 15.3. The maximum Gasteiger partial charge on any atom is 0.249 e. The second kappa shape index (κ2) is 8.15. The highest BCUT2D eigenvalue weighted by Crippen LogP contribution is 2.20. The van der Waals surface area contributed by atoms with Crippen LogP contribution in [0.5, 0.6) is 0 Å². The van der Waals surface area contributed by atoms with E-state index in [1.165, 1.54) is 0 Å². The van der Waals surface area contributed by atoms with Gasteiger partial charge in [-0.15, -0.1) is 15.3 Å². The molecule has 0 saturated heterocycles. The molecule has 5 aromatic rings. The molecule has 0 aliphatic heterocycles. The fourth-order valence-electron chi connectivity index (χ4n) is 3.36. The number of rotatable bonds is 6. The molecule has 0 aliphatic rings. The first kappa shape index (κ1) is 18.6. The van der Waals surface area contributed by atoms with Gasteiger partial charge in [0.15, 0.2) is 0 Å². The summed E-state index contributed by atoms with van der Waals surface area (Å²) in [5.74, 6) is -0.113. The predicted octanol–water partition coefficient (Wildman–Crippen LogP) is 2.64. The summed E-state index contributed by atoms with van der Waals surface area (Å²) in [6.45, 7) is 0.415. The van der Waals surface area contributed by atoms with Crippen LogP contribution in [0.3, 0.4) is 0 Å². The summed E-state index contributed by atoms with van der Waals surface area (Å²) in [5.41, 5.74) is 4.03. The van der Waals surface area contributed by atoms with Crippen molar-refractivity contribution in [2.45, 2.75) is 13.1 Å². The smallest absolute Gasteiger partial charge is 0.249 e. The number of pyridine rings is 1. The molecular weight excluding hydrogens is 392 g/mol. The lowest BCUT2D eigenvalue weighted by Crippen LogP contribution is -2.34.